The first-order valence-corrected chi connectivity index (χ1v) is 5.08. The van der Waals surface area contributed by atoms with Crippen molar-refractivity contribution in [3.63, 3.8) is 0 Å². The normalized spacial score (nSPS) is 10.2. The van der Waals surface area contributed by atoms with E-state index in [1.165, 1.54) is 11.1 Å². The Morgan fingerprint density at radius 2 is 1.47 bits per heavy atom. The summed E-state index contributed by atoms with van der Waals surface area (Å²) in [6, 6.07) is 8.54. The first-order valence-electron chi connectivity index (χ1n) is 5.08. The van der Waals surface area contributed by atoms with Gasteiger partial charge in [0.15, 0.2) is 0 Å². The molecule has 0 aliphatic heterocycles. The predicted molar refractivity (Wildman–Crippen MR) is 68.2 cm³/mol. The molecule has 0 radical (unpaired) electrons. The van der Waals surface area contributed by atoms with E-state index in [9.17, 15) is 0 Å². The summed E-state index contributed by atoms with van der Waals surface area (Å²) in [5, 5.41) is 0. The molecule has 1 aromatic carbocycles. The smallest absolute Gasteiger partial charge is 0.0351 e. The van der Waals surface area contributed by atoms with Crippen molar-refractivity contribution in [3.8, 4) is 0 Å². The van der Waals surface area contributed by atoms with Crippen LogP contribution in [-0.4, -0.2) is 14.2 Å². The number of methoxy groups -OCH3 is 1. The van der Waals surface area contributed by atoms with Crippen molar-refractivity contribution in [2.24, 2.45) is 0 Å². The summed E-state index contributed by atoms with van der Waals surface area (Å²) in [4.78, 5) is 0. The zero-order valence-electron chi connectivity index (χ0n) is 10.5. The lowest BCUT2D eigenvalue weighted by molar-refractivity contribution is 0.277. The third kappa shape index (κ3) is 5.38. The first-order chi connectivity index (χ1) is 6.95. The Labute approximate surface area is 93.8 Å². The van der Waals surface area contributed by atoms with Crippen LogP contribution >= 0.6 is 0 Å². The summed E-state index contributed by atoms with van der Waals surface area (Å²) in [5.74, 6) is 0. The molecule has 0 saturated heterocycles. The average Bonchev–Trinajstić information content (AvgIpc) is 2.18. The highest BCUT2D eigenvalue weighted by Gasteiger charge is 2.12. The van der Waals surface area contributed by atoms with Crippen LogP contribution in [0.3, 0.4) is 0 Å². The minimum absolute atomic E-state index is 0.250. The van der Waals surface area contributed by atoms with Crippen LogP contribution in [0.1, 0.15) is 31.9 Å². The van der Waals surface area contributed by atoms with E-state index in [1.54, 1.807) is 14.2 Å². The molecule has 0 saturated carbocycles. The largest absolute Gasteiger partial charge is 0.388 e. The summed E-state index contributed by atoms with van der Waals surface area (Å²) < 4.78 is 4.25. The van der Waals surface area contributed by atoms with Gasteiger partial charge < -0.3 is 4.74 Å². The molecule has 0 spiro atoms. The van der Waals surface area contributed by atoms with Crippen LogP contribution in [0.15, 0.2) is 30.8 Å². The summed E-state index contributed by atoms with van der Waals surface area (Å²) in [5.41, 5.74) is 2.80. The van der Waals surface area contributed by atoms with Crippen molar-refractivity contribution in [3.05, 3.63) is 42.0 Å². The Morgan fingerprint density at radius 1 is 1.07 bits per heavy atom. The zero-order valence-corrected chi connectivity index (χ0v) is 10.5. The standard InChI is InChI=1S/C12H16.C2H6O/c1-5-10-6-8-11(9-7-10)12(2,3)4;1-3-2/h5-9H,1H2,2-4H3;1-2H3. The molecule has 0 aromatic heterocycles. The van der Waals surface area contributed by atoms with Crippen LogP contribution in [-0.2, 0) is 10.2 Å². The average molecular weight is 206 g/mol. The number of hydrogen-bond acceptors (Lipinski definition) is 1. The lowest BCUT2D eigenvalue weighted by Gasteiger charge is -2.18. The summed E-state index contributed by atoms with van der Waals surface area (Å²) in [7, 11) is 3.25. The van der Waals surface area contributed by atoms with E-state index in [0.717, 1.165) is 0 Å². The highest BCUT2D eigenvalue weighted by atomic mass is 16.4. The monoisotopic (exact) mass is 206 g/mol. The summed E-state index contributed by atoms with van der Waals surface area (Å²) >= 11 is 0. The van der Waals surface area contributed by atoms with Crippen molar-refractivity contribution in [1.82, 2.24) is 0 Å². The van der Waals surface area contributed by atoms with Gasteiger partial charge in [0.1, 0.15) is 0 Å². The highest BCUT2D eigenvalue weighted by molar-refractivity contribution is 5.47. The molecular formula is C14H22O. The molecule has 84 valence electrons. The molecule has 0 N–H and O–H groups in total. The van der Waals surface area contributed by atoms with Gasteiger partial charge >= 0.3 is 0 Å². The number of rotatable bonds is 1. The maximum atomic E-state index is 4.25. The Balaban J connectivity index is 0.000000583. The van der Waals surface area contributed by atoms with E-state index in [1.807, 2.05) is 6.08 Å². The SMILES string of the molecule is C=Cc1ccc(C(C)(C)C)cc1.COC. The third-order valence-corrected chi connectivity index (χ3v) is 2.01. The molecule has 0 heterocycles. The van der Waals surface area contributed by atoms with Crippen LogP contribution in [0.2, 0.25) is 0 Å². The van der Waals surface area contributed by atoms with E-state index >= 15 is 0 Å². The maximum absolute atomic E-state index is 4.25. The van der Waals surface area contributed by atoms with Crippen LogP contribution < -0.4 is 0 Å². The Hall–Kier alpha value is -1.08. The quantitative estimate of drug-likeness (QED) is 0.677. The van der Waals surface area contributed by atoms with E-state index in [4.69, 9.17) is 0 Å². The molecule has 1 nitrogen and oxygen atoms in total. The summed E-state index contributed by atoms with van der Waals surface area (Å²) in [6.07, 6.45) is 1.87. The fourth-order valence-corrected chi connectivity index (χ4v) is 1.12. The van der Waals surface area contributed by atoms with Gasteiger partial charge in [-0.25, -0.2) is 0 Å². The Kier molecular flexibility index (Phi) is 5.95. The van der Waals surface area contributed by atoms with Crippen LogP contribution in [0, 0.1) is 0 Å². The van der Waals surface area contributed by atoms with Crippen LogP contribution in [0.4, 0.5) is 0 Å². The molecule has 1 rings (SSSR count). The summed E-state index contributed by atoms with van der Waals surface area (Å²) in [6.45, 7) is 10.4. The molecule has 15 heavy (non-hydrogen) atoms. The van der Waals surface area contributed by atoms with Gasteiger partial charge in [0, 0.05) is 14.2 Å². The molecule has 0 atom stereocenters. The van der Waals surface area contributed by atoms with Crippen molar-refractivity contribution in [2.45, 2.75) is 26.2 Å². The number of benzene rings is 1. The molecule has 1 aromatic rings. The predicted octanol–water partition coefficient (Wildman–Crippen LogP) is 3.89. The first kappa shape index (κ1) is 13.9. The Bertz CT molecular complexity index is 277. The van der Waals surface area contributed by atoms with Crippen LogP contribution in [0.25, 0.3) is 6.08 Å². The Morgan fingerprint density at radius 3 is 1.73 bits per heavy atom. The van der Waals surface area contributed by atoms with Crippen molar-refractivity contribution >= 4 is 6.08 Å². The lowest BCUT2D eigenvalue weighted by Crippen LogP contribution is -2.10. The fraction of sp³-hybridized carbons (Fsp3) is 0.429. The molecule has 0 bridgehead atoms. The molecule has 0 amide bonds. The van der Waals surface area contributed by atoms with Gasteiger partial charge in [-0.2, -0.15) is 0 Å². The van der Waals surface area contributed by atoms with Gasteiger partial charge in [0.2, 0.25) is 0 Å². The molecule has 0 aliphatic rings. The van der Waals surface area contributed by atoms with Crippen molar-refractivity contribution in [1.29, 1.82) is 0 Å². The molecule has 1 heteroatoms. The highest BCUT2D eigenvalue weighted by Crippen LogP contribution is 2.22. The van der Waals surface area contributed by atoms with E-state index in [-0.39, 0.29) is 5.41 Å². The van der Waals surface area contributed by atoms with Crippen molar-refractivity contribution < 1.29 is 4.74 Å². The van der Waals surface area contributed by atoms with Gasteiger partial charge in [0.05, 0.1) is 0 Å². The molecule has 0 aliphatic carbocycles. The number of ether oxygens (including phenoxy) is 1. The lowest BCUT2D eigenvalue weighted by atomic mass is 9.87. The zero-order chi connectivity index (χ0) is 11.9. The molecular weight excluding hydrogens is 184 g/mol. The molecule has 0 unspecified atom stereocenters. The van der Waals surface area contributed by atoms with Gasteiger partial charge in [-0.05, 0) is 16.5 Å². The van der Waals surface area contributed by atoms with Gasteiger partial charge in [-0.3, -0.25) is 0 Å². The minimum atomic E-state index is 0.250. The second-order valence-electron chi connectivity index (χ2n) is 4.48. The van der Waals surface area contributed by atoms with Gasteiger partial charge in [-0.15, -0.1) is 0 Å². The minimum Gasteiger partial charge on any atom is -0.388 e. The van der Waals surface area contributed by atoms with E-state index < -0.39 is 0 Å². The van der Waals surface area contributed by atoms with Gasteiger partial charge in [-0.1, -0.05) is 57.7 Å². The molecule has 0 fully saturated rings. The fourth-order valence-electron chi connectivity index (χ4n) is 1.12. The van der Waals surface area contributed by atoms with E-state index in [2.05, 4.69) is 56.4 Å². The van der Waals surface area contributed by atoms with Crippen molar-refractivity contribution in [2.75, 3.05) is 14.2 Å². The third-order valence-electron chi connectivity index (χ3n) is 2.01. The second-order valence-corrected chi connectivity index (χ2v) is 4.48. The van der Waals surface area contributed by atoms with Crippen LogP contribution in [0.5, 0.6) is 0 Å². The maximum Gasteiger partial charge on any atom is 0.0351 e. The second kappa shape index (κ2) is 6.41. The van der Waals surface area contributed by atoms with E-state index in [0.29, 0.717) is 0 Å². The number of hydrogen-bond donors (Lipinski definition) is 0. The van der Waals surface area contributed by atoms with Gasteiger partial charge in [0.25, 0.3) is 0 Å². The topological polar surface area (TPSA) is 9.23 Å².